The minimum atomic E-state index is -4.42. The maximum absolute atomic E-state index is 13.1. The average molecular weight is 586 g/mol. The second-order valence-electron chi connectivity index (χ2n) is 8.84. The summed E-state index contributed by atoms with van der Waals surface area (Å²) in [6, 6.07) is 16.2. The number of anilines is 2. The molecule has 1 amide bonds. The van der Waals surface area contributed by atoms with Crippen molar-refractivity contribution in [3.05, 3.63) is 93.5 Å². The molecule has 202 valence electrons. The first-order valence-electron chi connectivity index (χ1n) is 11.6. The number of piperazine rings is 1. The highest BCUT2D eigenvalue weighted by atomic mass is 35.5. The van der Waals surface area contributed by atoms with Gasteiger partial charge in [0, 0.05) is 53.0 Å². The number of rotatable bonds is 6. The van der Waals surface area contributed by atoms with Crippen molar-refractivity contribution in [2.45, 2.75) is 12.7 Å². The van der Waals surface area contributed by atoms with E-state index in [1.807, 2.05) is 4.90 Å². The van der Waals surface area contributed by atoms with Crippen LogP contribution >= 0.6 is 23.2 Å². The van der Waals surface area contributed by atoms with E-state index < -0.39 is 21.8 Å². The molecular formula is C26H24Cl2F3N3O3S. The Hall–Kier alpha value is -2.95. The summed E-state index contributed by atoms with van der Waals surface area (Å²) in [5.41, 5.74) is 0.907. The van der Waals surface area contributed by atoms with E-state index in [0.717, 1.165) is 22.7 Å². The highest BCUT2D eigenvalue weighted by molar-refractivity contribution is 7.92. The van der Waals surface area contributed by atoms with Gasteiger partial charge in [-0.1, -0.05) is 35.3 Å². The highest BCUT2D eigenvalue weighted by Gasteiger charge is 2.31. The third-order valence-corrected chi connectivity index (χ3v) is 8.12. The van der Waals surface area contributed by atoms with Crippen LogP contribution in [0.3, 0.4) is 0 Å². The van der Waals surface area contributed by atoms with Crippen LogP contribution in [0.2, 0.25) is 10.0 Å². The predicted molar refractivity (Wildman–Crippen MR) is 143 cm³/mol. The average Bonchev–Trinajstić information content (AvgIpc) is 2.87. The van der Waals surface area contributed by atoms with Crippen LogP contribution in [-0.4, -0.2) is 51.7 Å². The molecule has 12 heteroatoms. The van der Waals surface area contributed by atoms with Gasteiger partial charge in [0.15, 0.2) is 0 Å². The van der Waals surface area contributed by atoms with E-state index in [2.05, 4.69) is 0 Å². The molecule has 4 rings (SSSR count). The lowest BCUT2D eigenvalue weighted by atomic mass is 10.1. The Kier molecular flexibility index (Phi) is 8.15. The molecule has 0 N–H and O–H groups in total. The van der Waals surface area contributed by atoms with Crippen LogP contribution < -0.4 is 9.21 Å². The largest absolute Gasteiger partial charge is 0.416 e. The molecule has 0 saturated carbocycles. The normalized spacial score (nSPS) is 14.5. The molecular weight excluding hydrogens is 562 g/mol. The molecule has 1 aliphatic heterocycles. The molecule has 0 radical (unpaired) electrons. The van der Waals surface area contributed by atoms with Crippen molar-refractivity contribution in [3.63, 3.8) is 0 Å². The number of benzene rings is 3. The number of amides is 1. The Morgan fingerprint density at radius 2 is 1.50 bits per heavy atom. The zero-order valence-electron chi connectivity index (χ0n) is 20.3. The van der Waals surface area contributed by atoms with E-state index in [-0.39, 0.29) is 12.5 Å². The Bertz CT molecular complexity index is 1410. The predicted octanol–water partition coefficient (Wildman–Crippen LogP) is 5.94. The van der Waals surface area contributed by atoms with Crippen LogP contribution in [0.15, 0.2) is 66.7 Å². The quantitative estimate of drug-likeness (QED) is 0.359. The number of halogens is 5. The smallest absolute Gasteiger partial charge is 0.368 e. The summed E-state index contributed by atoms with van der Waals surface area (Å²) in [5, 5.41) is 0.671. The van der Waals surface area contributed by atoms with E-state index in [1.54, 1.807) is 41.3 Å². The van der Waals surface area contributed by atoms with Gasteiger partial charge in [0.25, 0.3) is 5.91 Å². The summed E-state index contributed by atoms with van der Waals surface area (Å²) in [5.74, 6) is -0.250. The monoisotopic (exact) mass is 585 g/mol. The van der Waals surface area contributed by atoms with Gasteiger partial charge in [-0.25, -0.2) is 8.42 Å². The van der Waals surface area contributed by atoms with Crippen molar-refractivity contribution < 1.29 is 26.4 Å². The molecule has 0 aromatic heterocycles. The fourth-order valence-corrected chi connectivity index (χ4v) is 5.61. The van der Waals surface area contributed by atoms with Gasteiger partial charge in [0.1, 0.15) is 0 Å². The van der Waals surface area contributed by atoms with Gasteiger partial charge >= 0.3 is 6.18 Å². The molecule has 3 aromatic rings. The number of carbonyl (C=O) groups excluding carboxylic acids is 1. The maximum Gasteiger partial charge on any atom is 0.416 e. The number of nitrogens with zero attached hydrogens (tertiary/aromatic N) is 3. The lowest BCUT2D eigenvalue weighted by molar-refractivity contribution is -0.137. The van der Waals surface area contributed by atoms with Gasteiger partial charge in [-0.15, -0.1) is 0 Å². The lowest BCUT2D eigenvalue weighted by Gasteiger charge is -2.36. The van der Waals surface area contributed by atoms with Crippen molar-refractivity contribution >= 4 is 50.5 Å². The van der Waals surface area contributed by atoms with Crippen molar-refractivity contribution in [1.82, 2.24) is 4.90 Å². The molecule has 1 aliphatic rings. The van der Waals surface area contributed by atoms with Gasteiger partial charge in [-0.05, 0) is 54.6 Å². The number of sulfonamides is 1. The van der Waals surface area contributed by atoms with E-state index in [9.17, 15) is 26.4 Å². The topological polar surface area (TPSA) is 60.9 Å². The second-order valence-corrected chi connectivity index (χ2v) is 11.6. The molecule has 0 aliphatic carbocycles. The van der Waals surface area contributed by atoms with Crippen LogP contribution in [0.25, 0.3) is 0 Å². The first kappa shape index (κ1) is 28.1. The maximum atomic E-state index is 13.1. The minimum Gasteiger partial charge on any atom is -0.368 e. The summed E-state index contributed by atoms with van der Waals surface area (Å²) in [6.07, 6.45) is -3.35. The van der Waals surface area contributed by atoms with E-state index in [0.29, 0.717) is 58.7 Å². The minimum absolute atomic E-state index is 0.0812. The Morgan fingerprint density at radius 1 is 0.921 bits per heavy atom. The molecule has 3 aromatic carbocycles. The second kappa shape index (κ2) is 11.0. The van der Waals surface area contributed by atoms with Crippen molar-refractivity contribution in [1.29, 1.82) is 0 Å². The number of carbonyl (C=O) groups is 1. The van der Waals surface area contributed by atoms with Crippen LogP contribution in [0.5, 0.6) is 0 Å². The van der Waals surface area contributed by atoms with Crippen LogP contribution in [0.4, 0.5) is 24.5 Å². The molecule has 1 heterocycles. The van der Waals surface area contributed by atoms with E-state index in [1.165, 1.54) is 18.2 Å². The summed E-state index contributed by atoms with van der Waals surface area (Å²) >= 11 is 12.5. The molecule has 0 spiro atoms. The van der Waals surface area contributed by atoms with Gasteiger partial charge in [0.2, 0.25) is 10.0 Å². The van der Waals surface area contributed by atoms with Crippen molar-refractivity contribution in [2.24, 2.45) is 0 Å². The van der Waals surface area contributed by atoms with Gasteiger partial charge < -0.3 is 9.80 Å². The van der Waals surface area contributed by atoms with Gasteiger partial charge in [-0.3, -0.25) is 9.10 Å². The molecule has 6 nitrogen and oxygen atoms in total. The van der Waals surface area contributed by atoms with Crippen LogP contribution in [-0.2, 0) is 22.7 Å². The number of hydrogen-bond donors (Lipinski definition) is 0. The summed E-state index contributed by atoms with van der Waals surface area (Å²) in [4.78, 5) is 16.5. The molecule has 1 fully saturated rings. The molecule has 38 heavy (non-hydrogen) atoms. The third-order valence-electron chi connectivity index (χ3n) is 6.27. The number of hydrogen-bond acceptors (Lipinski definition) is 4. The van der Waals surface area contributed by atoms with Crippen LogP contribution in [0.1, 0.15) is 21.5 Å². The number of alkyl halides is 3. The van der Waals surface area contributed by atoms with Gasteiger partial charge in [0.05, 0.1) is 24.1 Å². The van der Waals surface area contributed by atoms with Crippen LogP contribution in [0, 0.1) is 0 Å². The Morgan fingerprint density at radius 3 is 2.05 bits per heavy atom. The summed E-state index contributed by atoms with van der Waals surface area (Å²) in [7, 11) is -3.70. The molecule has 0 bridgehead atoms. The van der Waals surface area contributed by atoms with E-state index in [4.69, 9.17) is 23.2 Å². The van der Waals surface area contributed by atoms with Gasteiger partial charge in [-0.2, -0.15) is 13.2 Å². The highest BCUT2D eigenvalue weighted by Crippen LogP contribution is 2.32. The van der Waals surface area contributed by atoms with E-state index >= 15 is 0 Å². The van der Waals surface area contributed by atoms with Crippen molar-refractivity contribution in [2.75, 3.05) is 41.6 Å². The Balaban J connectivity index is 1.45. The first-order valence-corrected chi connectivity index (χ1v) is 14.2. The van der Waals surface area contributed by atoms with Crippen molar-refractivity contribution in [3.8, 4) is 0 Å². The Labute approximate surface area is 229 Å². The fraction of sp³-hybridized carbons (Fsp3) is 0.269. The standard InChI is InChI=1S/C26H24Cl2F3N3O3S/c1-38(36,37)34(17-22-23(27)6-3-7-24(22)28)20-10-8-18(9-11-20)25(35)33-14-12-32(13-15-33)21-5-2-4-19(16-21)26(29,30)31/h2-11,16H,12-15,17H2,1H3. The third kappa shape index (κ3) is 6.36. The molecule has 1 saturated heterocycles. The molecule has 0 unspecified atom stereocenters. The summed E-state index contributed by atoms with van der Waals surface area (Å²) in [6.45, 7) is 1.34. The first-order chi connectivity index (χ1) is 17.8. The summed E-state index contributed by atoms with van der Waals surface area (Å²) < 4.78 is 65.4. The zero-order chi connectivity index (χ0) is 27.7. The lowest BCUT2D eigenvalue weighted by Crippen LogP contribution is -2.48. The fourth-order valence-electron chi connectivity index (χ4n) is 4.23. The molecule has 0 atom stereocenters. The SMILES string of the molecule is CS(=O)(=O)N(Cc1c(Cl)cccc1Cl)c1ccc(C(=O)N2CCN(c3cccc(C(F)(F)F)c3)CC2)cc1. The zero-order valence-corrected chi connectivity index (χ0v) is 22.6.